The highest BCUT2D eigenvalue weighted by atomic mass is 35.5. The van der Waals surface area contributed by atoms with Crippen molar-refractivity contribution in [1.29, 1.82) is 0 Å². The molecule has 3 N–H and O–H groups in total. The molecule has 2 amide bonds. The van der Waals surface area contributed by atoms with E-state index in [4.69, 9.17) is 16.7 Å². The monoisotopic (exact) mass is 260 g/mol. The van der Waals surface area contributed by atoms with E-state index in [9.17, 15) is 14.0 Å². The van der Waals surface area contributed by atoms with Gasteiger partial charge in [-0.1, -0.05) is 17.7 Å². The van der Waals surface area contributed by atoms with Crippen LogP contribution in [0.3, 0.4) is 0 Å². The summed E-state index contributed by atoms with van der Waals surface area (Å²) >= 11 is 5.67. The standard InChI is InChI=1S/C10H10ClFN2O3/c1-5(9(15)16)13-10(17)14-8-6(11)3-2-4-7(8)12/h2-5H,1H3,(H,15,16)(H2,13,14,17)/t5-/m1/s1. The van der Waals surface area contributed by atoms with Crippen molar-refractivity contribution in [2.75, 3.05) is 5.32 Å². The molecule has 0 radical (unpaired) electrons. The summed E-state index contributed by atoms with van der Waals surface area (Å²) in [5.41, 5.74) is -0.191. The number of hydrogen-bond donors (Lipinski definition) is 3. The maximum atomic E-state index is 13.3. The van der Waals surface area contributed by atoms with Crippen LogP contribution in [0.1, 0.15) is 6.92 Å². The zero-order valence-corrected chi connectivity index (χ0v) is 9.58. The molecule has 0 saturated heterocycles. The minimum atomic E-state index is -1.19. The molecule has 1 atom stereocenters. The Labute approximate surface area is 102 Å². The molecule has 92 valence electrons. The van der Waals surface area contributed by atoms with Crippen molar-refractivity contribution in [3.8, 4) is 0 Å². The van der Waals surface area contributed by atoms with Crippen molar-refractivity contribution >= 4 is 29.3 Å². The molecule has 0 saturated carbocycles. The van der Waals surface area contributed by atoms with E-state index in [1.807, 2.05) is 0 Å². The number of urea groups is 1. The number of anilines is 1. The van der Waals surface area contributed by atoms with Crippen molar-refractivity contribution in [1.82, 2.24) is 5.32 Å². The lowest BCUT2D eigenvalue weighted by Crippen LogP contribution is -2.41. The number of para-hydroxylation sites is 1. The molecule has 17 heavy (non-hydrogen) atoms. The summed E-state index contributed by atoms with van der Waals surface area (Å²) < 4.78 is 13.3. The minimum absolute atomic E-state index is 0.0307. The van der Waals surface area contributed by atoms with Gasteiger partial charge in [0.1, 0.15) is 11.9 Å². The quantitative estimate of drug-likeness (QED) is 0.778. The Bertz CT molecular complexity index is 433. The van der Waals surface area contributed by atoms with E-state index in [1.54, 1.807) is 0 Å². The van der Waals surface area contributed by atoms with Gasteiger partial charge in [0.25, 0.3) is 0 Å². The van der Waals surface area contributed by atoms with Crippen molar-refractivity contribution < 1.29 is 19.1 Å². The molecule has 0 aliphatic rings. The van der Waals surface area contributed by atoms with Crippen LogP contribution in [-0.2, 0) is 4.79 Å². The smallest absolute Gasteiger partial charge is 0.325 e. The third-order valence-corrected chi connectivity index (χ3v) is 2.23. The second kappa shape index (κ2) is 5.49. The molecule has 0 unspecified atom stereocenters. The van der Waals surface area contributed by atoms with Crippen molar-refractivity contribution in [3.63, 3.8) is 0 Å². The number of rotatable bonds is 3. The lowest BCUT2D eigenvalue weighted by atomic mass is 10.3. The number of amides is 2. The van der Waals surface area contributed by atoms with Crippen molar-refractivity contribution in [3.05, 3.63) is 29.0 Å². The predicted octanol–water partition coefficient (Wildman–Crippen LogP) is 2.07. The maximum Gasteiger partial charge on any atom is 0.325 e. The fourth-order valence-corrected chi connectivity index (χ4v) is 1.24. The average molecular weight is 261 g/mol. The van der Waals surface area contributed by atoms with E-state index in [-0.39, 0.29) is 10.7 Å². The highest BCUT2D eigenvalue weighted by molar-refractivity contribution is 6.33. The lowest BCUT2D eigenvalue weighted by molar-refractivity contribution is -0.138. The Morgan fingerprint density at radius 3 is 2.65 bits per heavy atom. The first kappa shape index (κ1) is 13.2. The SMILES string of the molecule is C[C@@H](NC(=O)Nc1c(F)cccc1Cl)C(=O)O. The highest BCUT2D eigenvalue weighted by Gasteiger charge is 2.16. The summed E-state index contributed by atoms with van der Waals surface area (Å²) in [4.78, 5) is 21.8. The molecule has 0 fully saturated rings. The van der Waals surface area contributed by atoms with E-state index in [1.165, 1.54) is 19.1 Å². The van der Waals surface area contributed by atoms with Crippen molar-refractivity contribution in [2.45, 2.75) is 13.0 Å². The van der Waals surface area contributed by atoms with Gasteiger partial charge in [-0.05, 0) is 19.1 Å². The molecule has 0 aromatic heterocycles. The molecule has 1 aromatic carbocycles. The zero-order chi connectivity index (χ0) is 13.0. The number of carbonyl (C=O) groups excluding carboxylic acids is 1. The first-order valence-electron chi connectivity index (χ1n) is 4.66. The largest absolute Gasteiger partial charge is 0.480 e. The molecule has 0 bridgehead atoms. The van der Waals surface area contributed by atoms with Crippen LogP contribution >= 0.6 is 11.6 Å². The molecular formula is C10H10ClFN2O3. The van der Waals surface area contributed by atoms with E-state index in [2.05, 4.69) is 10.6 Å². The Morgan fingerprint density at radius 2 is 2.12 bits per heavy atom. The van der Waals surface area contributed by atoms with Crippen LogP contribution in [0, 0.1) is 5.82 Å². The minimum Gasteiger partial charge on any atom is -0.480 e. The van der Waals surface area contributed by atoms with Gasteiger partial charge >= 0.3 is 12.0 Å². The fraction of sp³-hybridized carbons (Fsp3) is 0.200. The van der Waals surface area contributed by atoms with Crippen LogP contribution in [0.15, 0.2) is 18.2 Å². The molecule has 0 heterocycles. The van der Waals surface area contributed by atoms with Gasteiger partial charge in [-0.25, -0.2) is 9.18 Å². The highest BCUT2D eigenvalue weighted by Crippen LogP contribution is 2.24. The maximum absolute atomic E-state index is 13.3. The van der Waals surface area contributed by atoms with Crippen LogP contribution in [0.4, 0.5) is 14.9 Å². The Morgan fingerprint density at radius 1 is 1.47 bits per heavy atom. The van der Waals surface area contributed by atoms with Gasteiger partial charge in [0.15, 0.2) is 0 Å². The summed E-state index contributed by atoms with van der Waals surface area (Å²) in [5.74, 6) is -1.89. The third-order valence-electron chi connectivity index (χ3n) is 1.92. The first-order chi connectivity index (χ1) is 7.91. The van der Waals surface area contributed by atoms with Gasteiger partial charge in [-0.2, -0.15) is 0 Å². The predicted molar refractivity (Wildman–Crippen MR) is 60.7 cm³/mol. The van der Waals surface area contributed by atoms with Crippen LogP contribution in [-0.4, -0.2) is 23.1 Å². The van der Waals surface area contributed by atoms with Crippen LogP contribution < -0.4 is 10.6 Å². The molecule has 1 aromatic rings. The lowest BCUT2D eigenvalue weighted by Gasteiger charge is -2.12. The Kier molecular flexibility index (Phi) is 4.28. The van der Waals surface area contributed by atoms with Crippen molar-refractivity contribution in [2.24, 2.45) is 0 Å². The second-order valence-electron chi connectivity index (χ2n) is 3.26. The van der Waals surface area contributed by atoms with Crippen LogP contribution in [0.2, 0.25) is 5.02 Å². The molecule has 0 spiro atoms. The number of halogens is 2. The summed E-state index contributed by atoms with van der Waals surface area (Å²) in [6.45, 7) is 1.28. The number of aliphatic carboxylic acids is 1. The van der Waals surface area contributed by atoms with E-state index in [0.717, 1.165) is 6.07 Å². The van der Waals surface area contributed by atoms with E-state index < -0.39 is 23.9 Å². The van der Waals surface area contributed by atoms with Gasteiger partial charge in [-0.15, -0.1) is 0 Å². The molecule has 5 nitrogen and oxygen atoms in total. The topological polar surface area (TPSA) is 78.4 Å². The molecule has 1 rings (SSSR count). The summed E-state index contributed by atoms with van der Waals surface area (Å²) in [6.07, 6.45) is 0. The normalized spacial score (nSPS) is 11.7. The first-order valence-corrected chi connectivity index (χ1v) is 5.04. The van der Waals surface area contributed by atoms with E-state index >= 15 is 0 Å². The number of carboxylic acids is 1. The Balaban J connectivity index is 2.72. The van der Waals surface area contributed by atoms with E-state index in [0.29, 0.717) is 0 Å². The van der Waals surface area contributed by atoms with Gasteiger partial charge in [-0.3, -0.25) is 4.79 Å². The molecule has 0 aliphatic heterocycles. The molecule has 7 heteroatoms. The third kappa shape index (κ3) is 3.60. The number of carbonyl (C=O) groups is 2. The van der Waals surface area contributed by atoms with Gasteiger partial charge in [0, 0.05) is 0 Å². The number of hydrogen-bond acceptors (Lipinski definition) is 2. The summed E-state index contributed by atoms with van der Waals surface area (Å²) in [5, 5.41) is 12.8. The zero-order valence-electron chi connectivity index (χ0n) is 8.83. The second-order valence-corrected chi connectivity index (χ2v) is 3.66. The number of nitrogens with one attached hydrogen (secondary N) is 2. The number of carboxylic acid groups (broad SMARTS) is 1. The average Bonchev–Trinajstić information content (AvgIpc) is 2.23. The van der Waals surface area contributed by atoms with Gasteiger partial charge in [0.2, 0.25) is 0 Å². The van der Waals surface area contributed by atoms with Gasteiger partial charge in [0.05, 0.1) is 10.7 Å². The summed E-state index contributed by atoms with van der Waals surface area (Å²) in [7, 11) is 0. The van der Waals surface area contributed by atoms with Gasteiger partial charge < -0.3 is 15.7 Å². The fourth-order valence-electron chi connectivity index (χ4n) is 1.03. The molecule has 0 aliphatic carbocycles. The molecular weight excluding hydrogens is 251 g/mol. The van der Waals surface area contributed by atoms with Crippen LogP contribution in [0.25, 0.3) is 0 Å². The Hall–Kier alpha value is -1.82. The summed E-state index contributed by atoms with van der Waals surface area (Å²) in [6, 6.07) is 2.00. The van der Waals surface area contributed by atoms with Crippen LogP contribution in [0.5, 0.6) is 0 Å². The number of benzene rings is 1.